The molecule has 0 aromatic heterocycles. The number of hydrogen-bond donors (Lipinski definition) is 1. The Morgan fingerprint density at radius 3 is 2.53 bits per heavy atom. The number of benzene rings is 2. The molecular weight excluding hydrogens is 215 g/mol. The molecule has 0 amide bonds. The highest BCUT2D eigenvalue weighted by Crippen LogP contribution is 2.29. The monoisotopic (exact) mass is 230 g/mol. The van der Waals surface area contributed by atoms with E-state index in [-0.39, 0.29) is 5.82 Å². The first-order valence-corrected chi connectivity index (χ1v) is 5.60. The molecule has 2 aromatic rings. The predicted octanol–water partition coefficient (Wildman–Crippen LogP) is 3.57. The Balaban J connectivity index is 2.44. The van der Waals surface area contributed by atoms with E-state index in [1.807, 2.05) is 42.2 Å². The van der Waals surface area contributed by atoms with Crippen LogP contribution in [0.4, 0.5) is 21.5 Å². The average Bonchev–Trinajstić information content (AvgIpc) is 2.33. The normalized spacial score (nSPS) is 10.2. The molecule has 0 saturated carbocycles. The quantitative estimate of drug-likeness (QED) is 0.817. The second-order valence-corrected chi connectivity index (χ2v) is 3.78. The molecule has 0 aliphatic carbocycles. The van der Waals surface area contributed by atoms with E-state index in [9.17, 15) is 4.39 Å². The van der Waals surface area contributed by atoms with Crippen molar-refractivity contribution < 1.29 is 4.39 Å². The predicted molar refractivity (Wildman–Crippen MR) is 69.9 cm³/mol. The number of halogens is 1. The van der Waals surface area contributed by atoms with Gasteiger partial charge in [-0.1, -0.05) is 18.2 Å². The minimum atomic E-state index is -0.240. The summed E-state index contributed by atoms with van der Waals surface area (Å²) in [5.41, 5.74) is 8.34. The third kappa shape index (κ3) is 2.38. The molecule has 0 radical (unpaired) electrons. The van der Waals surface area contributed by atoms with Gasteiger partial charge in [0.25, 0.3) is 0 Å². The van der Waals surface area contributed by atoms with Crippen molar-refractivity contribution in [3.05, 3.63) is 54.3 Å². The number of nitrogen functional groups attached to an aromatic ring is 1. The van der Waals surface area contributed by atoms with Gasteiger partial charge >= 0.3 is 0 Å². The molecule has 0 fully saturated rings. The lowest BCUT2D eigenvalue weighted by Gasteiger charge is -2.24. The summed E-state index contributed by atoms with van der Waals surface area (Å²) in [6.07, 6.45) is 0. The Morgan fingerprint density at radius 1 is 1.12 bits per heavy atom. The summed E-state index contributed by atoms with van der Waals surface area (Å²) in [6, 6.07) is 14.1. The van der Waals surface area contributed by atoms with Crippen LogP contribution in [-0.4, -0.2) is 6.54 Å². The molecule has 0 heterocycles. The summed E-state index contributed by atoms with van der Waals surface area (Å²) < 4.78 is 13.2. The molecular formula is C14H15FN2. The largest absolute Gasteiger partial charge is 0.397 e. The average molecular weight is 230 g/mol. The Hall–Kier alpha value is -2.03. The van der Waals surface area contributed by atoms with Crippen molar-refractivity contribution in [3.8, 4) is 0 Å². The van der Waals surface area contributed by atoms with Gasteiger partial charge in [-0.2, -0.15) is 0 Å². The van der Waals surface area contributed by atoms with E-state index in [0.717, 1.165) is 17.9 Å². The number of hydrogen-bond acceptors (Lipinski definition) is 2. The van der Waals surface area contributed by atoms with Crippen molar-refractivity contribution in [1.29, 1.82) is 0 Å². The molecule has 0 aliphatic heterocycles. The number of nitrogens with two attached hydrogens (primary N) is 1. The first-order valence-electron chi connectivity index (χ1n) is 5.60. The van der Waals surface area contributed by atoms with Gasteiger partial charge in [-0.25, -0.2) is 4.39 Å². The van der Waals surface area contributed by atoms with E-state index >= 15 is 0 Å². The van der Waals surface area contributed by atoms with Crippen molar-refractivity contribution >= 4 is 17.1 Å². The summed E-state index contributed by atoms with van der Waals surface area (Å²) in [5, 5.41) is 0. The molecule has 0 aliphatic rings. The first-order chi connectivity index (χ1) is 8.22. The fourth-order valence-electron chi connectivity index (χ4n) is 1.87. The zero-order valence-corrected chi connectivity index (χ0v) is 9.73. The van der Waals surface area contributed by atoms with E-state index in [2.05, 4.69) is 0 Å². The zero-order valence-electron chi connectivity index (χ0n) is 9.73. The third-order valence-electron chi connectivity index (χ3n) is 2.66. The van der Waals surface area contributed by atoms with E-state index < -0.39 is 0 Å². The van der Waals surface area contributed by atoms with E-state index in [1.54, 1.807) is 6.07 Å². The smallest absolute Gasteiger partial charge is 0.125 e. The van der Waals surface area contributed by atoms with Crippen LogP contribution in [0.5, 0.6) is 0 Å². The molecule has 0 unspecified atom stereocenters. The molecule has 2 nitrogen and oxygen atoms in total. The number of nitrogens with zero attached hydrogens (tertiary/aromatic N) is 1. The van der Waals surface area contributed by atoms with Crippen molar-refractivity contribution in [2.75, 3.05) is 17.2 Å². The Morgan fingerprint density at radius 2 is 1.88 bits per heavy atom. The summed E-state index contributed by atoms with van der Waals surface area (Å²) in [7, 11) is 0. The summed E-state index contributed by atoms with van der Waals surface area (Å²) in [6.45, 7) is 2.75. The van der Waals surface area contributed by atoms with Gasteiger partial charge < -0.3 is 10.6 Å². The van der Waals surface area contributed by atoms with Gasteiger partial charge in [-0.3, -0.25) is 0 Å². The van der Waals surface area contributed by atoms with Crippen LogP contribution in [0.1, 0.15) is 6.92 Å². The van der Waals surface area contributed by atoms with Crippen molar-refractivity contribution in [3.63, 3.8) is 0 Å². The lowest BCUT2D eigenvalue weighted by molar-refractivity contribution is 0.627. The van der Waals surface area contributed by atoms with Gasteiger partial charge in [-0.15, -0.1) is 0 Å². The number of para-hydroxylation sites is 2. The number of anilines is 3. The van der Waals surface area contributed by atoms with Crippen LogP contribution in [0.2, 0.25) is 0 Å². The molecule has 17 heavy (non-hydrogen) atoms. The van der Waals surface area contributed by atoms with Crippen molar-refractivity contribution in [2.24, 2.45) is 0 Å². The van der Waals surface area contributed by atoms with Crippen LogP contribution in [0.3, 0.4) is 0 Å². The highest BCUT2D eigenvalue weighted by molar-refractivity contribution is 5.74. The molecule has 0 spiro atoms. The maximum atomic E-state index is 13.2. The van der Waals surface area contributed by atoms with Gasteiger partial charge in [0.15, 0.2) is 0 Å². The van der Waals surface area contributed by atoms with Gasteiger partial charge in [0.2, 0.25) is 0 Å². The standard InChI is InChI=1S/C14H15FN2/c1-2-17(12-7-5-6-11(15)10-12)14-9-4-3-8-13(14)16/h3-10H,2,16H2,1H3. The first kappa shape index (κ1) is 11.5. The lowest BCUT2D eigenvalue weighted by atomic mass is 10.2. The van der Waals surface area contributed by atoms with Gasteiger partial charge in [-0.05, 0) is 37.3 Å². The van der Waals surface area contributed by atoms with Crippen LogP contribution in [0, 0.1) is 5.82 Å². The second kappa shape index (κ2) is 4.87. The zero-order chi connectivity index (χ0) is 12.3. The molecule has 3 heteroatoms. The van der Waals surface area contributed by atoms with Crippen LogP contribution < -0.4 is 10.6 Å². The van der Waals surface area contributed by atoms with Crippen LogP contribution in [0.25, 0.3) is 0 Å². The summed E-state index contributed by atoms with van der Waals surface area (Å²) in [5.74, 6) is -0.240. The van der Waals surface area contributed by atoms with E-state index in [0.29, 0.717) is 5.69 Å². The second-order valence-electron chi connectivity index (χ2n) is 3.78. The summed E-state index contributed by atoms with van der Waals surface area (Å²) in [4.78, 5) is 1.98. The molecule has 2 rings (SSSR count). The molecule has 0 saturated heterocycles. The Bertz CT molecular complexity index is 511. The Kier molecular flexibility index (Phi) is 3.28. The third-order valence-corrected chi connectivity index (χ3v) is 2.66. The maximum absolute atomic E-state index is 13.2. The lowest BCUT2D eigenvalue weighted by Crippen LogP contribution is -2.17. The molecule has 0 bridgehead atoms. The van der Waals surface area contributed by atoms with Crippen molar-refractivity contribution in [1.82, 2.24) is 0 Å². The topological polar surface area (TPSA) is 29.3 Å². The van der Waals surface area contributed by atoms with E-state index in [1.165, 1.54) is 12.1 Å². The molecule has 2 aromatic carbocycles. The fraction of sp³-hybridized carbons (Fsp3) is 0.143. The van der Waals surface area contributed by atoms with Gasteiger partial charge in [0.1, 0.15) is 5.82 Å². The summed E-state index contributed by atoms with van der Waals surface area (Å²) >= 11 is 0. The van der Waals surface area contributed by atoms with Crippen LogP contribution in [0.15, 0.2) is 48.5 Å². The van der Waals surface area contributed by atoms with Gasteiger partial charge in [0, 0.05) is 12.2 Å². The minimum Gasteiger partial charge on any atom is -0.397 e. The minimum absolute atomic E-state index is 0.240. The van der Waals surface area contributed by atoms with Crippen LogP contribution in [-0.2, 0) is 0 Å². The van der Waals surface area contributed by atoms with Crippen LogP contribution >= 0.6 is 0 Å². The highest BCUT2D eigenvalue weighted by Gasteiger charge is 2.10. The highest BCUT2D eigenvalue weighted by atomic mass is 19.1. The fourth-order valence-corrected chi connectivity index (χ4v) is 1.87. The van der Waals surface area contributed by atoms with Gasteiger partial charge in [0.05, 0.1) is 11.4 Å². The van der Waals surface area contributed by atoms with Crippen molar-refractivity contribution in [2.45, 2.75) is 6.92 Å². The number of rotatable bonds is 3. The molecule has 0 atom stereocenters. The Labute approximate surface area is 100 Å². The van der Waals surface area contributed by atoms with E-state index in [4.69, 9.17) is 5.73 Å². The SMILES string of the molecule is CCN(c1cccc(F)c1)c1ccccc1N. The molecule has 2 N–H and O–H groups in total. The molecule has 88 valence electrons. The maximum Gasteiger partial charge on any atom is 0.125 e.